The van der Waals surface area contributed by atoms with Gasteiger partial charge in [-0.1, -0.05) is 0 Å². The van der Waals surface area contributed by atoms with Crippen molar-refractivity contribution in [1.29, 1.82) is 0 Å². The zero-order chi connectivity index (χ0) is 10.7. The van der Waals surface area contributed by atoms with Crippen LogP contribution in [0.5, 0.6) is 0 Å². The summed E-state index contributed by atoms with van der Waals surface area (Å²) in [5, 5.41) is 11.7. The molecule has 0 bridgehead atoms. The zero-order valence-corrected chi connectivity index (χ0v) is 9.77. The molecule has 80 valence electrons. The van der Waals surface area contributed by atoms with Gasteiger partial charge >= 0.3 is 0 Å². The molecule has 2 aliphatic heterocycles. The SMILES string of the molecule is S=C=NC1CCNC2NCC(N=C=S)C12. The number of isothiocyanates is 2. The van der Waals surface area contributed by atoms with Crippen LogP contribution in [0.2, 0.25) is 0 Å². The van der Waals surface area contributed by atoms with Crippen LogP contribution in [0, 0.1) is 5.92 Å². The minimum Gasteiger partial charge on any atom is -0.301 e. The quantitative estimate of drug-likeness (QED) is 0.544. The smallest absolute Gasteiger partial charge is 0.0804 e. The number of nitrogens with zero attached hydrogens (tertiary/aromatic N) is 2. The van der Waals surface area contributed by atoms with Gasteiger partial charge in [-0.2, -0.15) is 0 Å². The lowest BCUT2D eigenvalue weighted by molar-refractivity contribution is 0.252. The van der Waals surface area contributed by atoms with Gasteiger partial charge < -0.3 is 5.32 Å². The molecule has 0 aliphatic carbocycles. The summed E-state index contributed by atoms with van der Waals surface area (Å²) in [5.41, 5.74) is 0. The monoisotopic (exact) mass is 240 g/mol. The van der Waals surface area contributed by atoms with Crippen LogP contribution in [0.1, 0.15) is 6.42 Å². The lowest BCUT2D eigenvalue weighted by atomic mass is 9.88. The number of hydrogen-bond acceptors (Lipinski definition) is 6. The molecule has 4 atom stereocenters. The van der Waals surface area contributed by atoms with E-state index in [0.29, 0.717) is 5.92 Å². The van der Waals surface area contributed by atoms with Gasteiger partial charge in [0, 0.05) is 12.5 Å². The van der Waals surface area contributed by atoms with Gasteiger partial charge in [0.1, 0.15) is 0 Å². The zero-order valence-electron chi connectivity index (χ0n) is 8.14. The third-order valence-corrected chi connectivity index (χ3v) is 3.27. The first-order valence-corrected chi connectivity index (χ1v) is 5.79. The van der Waals surface area contributed by atoms with Crippen LogP contribution in [0.4, 0.5) is 0 Å². The van der Waals surface area contributed by atoms with E-state index in [1.54, 1.807) is 0 Å². The van der Waals surface area contributed by atoms with Crippen molar-refractivity contribution in [3.05, 3.63) is 0 Å². The molecule has 0 radical (unpaired) electrons. The Hall–Kier alpha value is -0.480. The molecule has 2 heterocycles. The van der Waals surface area contributed by atoms with E-state index in [4.69, 9.17) is 0 Å². The second-order valence-electron chi connectivity index (χ2n) is 3.78. The highest BCUT2D eigenvalue weighted by Crippen LogP contribution is 2.28. The van der Waals surface area contributed by atoms with E-state index >= 15 is 0 Å². The van der Waals surface area contributed by atoms with Crippen LogP contribution >= 0.6 is 24.4 Å². The predicted octanol–water partition coefficient (Wildman–Crippen LogP) is 0.468. The molecule has 0 aromatic carbocycles. The maximum absolute atomic E-state index is 4.67. The fourth-order valence-corrected chi connectivity index (χ4v) is 2.70. The molecule has 4 nitrogen and oxygen atoms in total. The summed E-state index contributed by atoms with van der Waals surface area (Å²) in [4.78, 5) is 8.40. The Morgan fingerprint density at radius 1 is 1.07 bits per heavy atom. The summed E-state index contributed by atoms with van der Waals surface area (Å²) >= 11 is 9.33. The van der Waals surface area contributed by atoms with Crippen molar-refractivity contribution < 1.29 is 0 Å². The maximum atomic E-state index is 4.67. The number of nitrogens with one attached hydrogen (secondary N) is 2. The average molecular weight is 240 g/mol. The molecule has 2 rings (SSSR count). The number of aliphatic imine (C=N–C) groups is 2. The molecule has 2 aliphatic rings. The second-order valence-corrected chi connectivity index (χ2v) is 4.15. The first-order valence-electron chi connectivity index (χ1n) is 4.97. The van der Waals surface area contributed by atoms with Crippen molar-refractivity contribution in [3.63, 3.8) is 0 Å². The van der Waals surface area contributed by atoms with E-state index in [9.17, 15) is 0 Å². The molecule has 0 aromatic rings. The van der Waals surface area contributed by atoms with Crippen LogP contribution in [0.3, 0.4) is 0 Å². The topological polar surface area (TPSA) is 48.8 Å². The highest BCUT2D eigenvalue weighted by molar-refractivity contribution is 7.78. The Morgan fingerprint density at radius 2 is 1.80 bits per heavy atom. The Kier molecular flexibility index (Phi) is 3.70. The normalized spacial score (nSPS) is 38.7. The Bertz CT molecular complexity index is 333. The molecule has 2 N–H and O–H groups in total. The Labute approximate surface area is 99.3 Å². The number of piperidine rings is 1. The number of rotatable bonds is 2. The highest BCUT2D eigenvalue weighted by Gasteiger charge is 2.43. The van der Waals surface area contributed by atoms with Crippen molar-refractivity contribution in [2.75, 3.05) is 13.1 Å². The summed E-state index contributed by atoms with van der Waals surface area (Å²) in [6.45, 7) is 1.78. The number of thiocarbonyl (C=S) groups is 2. The van der Waals surface area contributed by atoms with Gasteiger partial charge in [-0.3, -0.25) is 5.32 Å². The molecule has 6 heteroatoms. The van der Waals surface area contributed by atoms with Crippen LogP contribution in [0.15, 0.2) is 9.98 Å². The van der Waals surface area contributed by atoms with Gasteiger partial charge in [-0.25, -0.2) is 9.98 Å². The van der Waals surface area contributed by atoms with Gasteiger partial charge in [-0.05, 0) is 37.4 Å². The fraction of sp³-hybridized carbons (Fsp3) is 0.778. The molecule has 0 amide bonds. The Morgan fingerprint density at radius 3 is 2.53 bits per heavy atom. The molecule has 0 spiro atoms. The molecular weight excluding hydrogens is 228 g/mol. The van der Waals surface area contributed by atoms with Crippen molar-refractivity contribution >= 4 is 34.8 Å². The highest BCUT2D eigenvalue weighted by atomic mass is 32.1. The van der Waals surface area contributed by atoms with Gasteiger partial charge in [0.2, 0.25) is 0 Å². The van der Waals surface area contributed by atoms with Crippen LogP contribution < -0.4 is 10.6 Å². The third kappa shape index (κ3) is 2.21. The second kappa shape index (κ2) is 5.03. The van der Waals surface area contributed by atoms with Crippen molar-refractivity contribution in [3.8, 4) is 0 Å². The molecule has 2 fully saturated rings. The predicted molar refractivity (Wildman–Crippen MR) is 65.5 cm³/mol. The summed E-state index contributed by atoms with van der Waals surface area (Å²) in [7, 11) is 0. The lowest BCUT2D eigenvalue weighted by Gasteiger charge is -2.32. The van der Waals surface area contributed by atoms with E-state index in [-0.39, 0.29) is 18.2 Å². The summed E-state index contributed by atoms with van der Waals surface area (Å²) < 4.78 is 0. The van der Waals surface area contributed by atoms with E-state index < -0.39 is 0 Å². The lowest BCUT2D eigenvalue weighted by Crippen LogP contribution is -2.51. The molecule has 4 unspecified atom stereocenters. The van der Waals surface area contributed by atoms with Crippen LogP contribution in [0.25, 0.3) is 0 Å². The fourth-order valence-electron chi connectivity index (χ4n) is 2.43. The van der Waals surface area contributed by atoms with E-state index in [0.717, 1.165) is 19.5 Å². The Balaban J connectivity index is 2.19. The van der Waals surface area contributed by atoms with Gasteiger partial charge in [-0.15, -0.1) is 0 Å². The van der Waals surface area contributed by atoms with E-state index in [1.807, 2.05) is 0 Å². The van der Waals surface area contributed by atoms with Gasteiger partial charge in [0.05, 0.1) is 28.6 Å². The summed E-state index contributed by atoms with van der Waals surface area (Å²) in [6, 6.07) is 0.373. The molecule has 15 heavy (non-hydrogen) atoms. The molecule has 2 saturated heterocycles. The minimum absolute atomic E-state index is 0.164. The van der Waals surface area contributed by atoms with Crippen LogP contribution in [-0.2, 0) is 0 Å². The van der Waals surface area contributed by atoms with Gasteiger partial charge in [0.15, 0.2) is 0 Å². The average Bonchev–Trinajstić information content (AvgIpc) is 2.64. The first-order chi connectivity index (χ1) is 7.36. The van der Waals surface area contributed by atoms with E-state index in [2.05, 4.69) is 55.4 Å². The third-order valence-electron chi connectivity index (χ3n) is 3.06. The summed E-state index contributed by atoms with van der Waals surface area (Å²) in [6.07, 6.45) is 1.25. The summed E-state index contributed by atoms with van der Waals surface area (Å²) in [5.74, 6) is 0.324. The molecule has 0 saturated carbocycles. The largest absolute Gasteiger partial charge is 0.301 e. The molecular formula is C9H12N4S2. The van der Waals surface area contributed by atoms with Crippen molar-refractivity contribution in [2.24, 2.45) is 15.9 Å². The first kappa shape index (κ1) is 11.0. The molecule has 0 aromatic heterocycles. The maximum Gasteiger partial charge on any atom is 0.0804 e. The van der Waals surface area contributed by atoms with E-state index in [1.165, 1.54) is 0 Å². The van der Waals surface area contributed by atoms with Gasteiger partial charge in [0.25, 0.3) is 0 Å². The van der Waals surface area contributed by atoms with Crippen LogP contribution in [-0.4, -0.2) is 41.7 Å². The standard InChI is InChI=1S/C9H12N4S2/c14-4-12-6-1-2-10-9-8(6)7(3-11-9)13-5-15/h6-11H,1-3H2. The van der Waals surface area contributed by atoms with Crippen molar-refractivity contribution in [1.82, 2.24) is 10.6 Å². The number of hydrogen-bond donors (Lipinski definition) is 2. The number of fused-ring (bicyclic) bond motifs is 1. The minimum atomic E-state index is 0.164. The van der Waals surface area contributed by atoms with Crippen molar-refractivity contribution in [2.45, 2.75) is 24.7 Å².